The molecule has 0 fully saturated rings. The number of nitrogens with one attached hydrogen (secondary N) is 2. The number of hydrogen-bond acceptors (Lipinski definition) is 5. The number of carbonyl (C=O) groups excluding carboxylic acids is 3. The van der Waals surface area contributed by atoms with E-state index in [1.807, 2.05) is 24.4 Å². The van der Waals surface area contributed by atoms with Gasteiger partial charge in [0, 0.05) is 28.2 Å². The SMILES string of the molecule is CC(=O)Nc1ccc(N2C(=O)C(Nc3ccc(Cl)cc3C)=C(c3cccs3)C2=O)cc1. The van der Waals surface area contributed by atoms with Crippen LogP contribution in [0.4, 0.5) is 17.1 Å². The molecular formula is C23H18ClN3O3S. The molecule has 0 aliphatic carbocycles. The summed E-state index contributed by atoms with van der Waals surface area (Å²) in [7, 11) is 0. The molecule has 3 aromatic rings. The van der Waals surface area contributed by atoms with E-state index in [0.29, 0.717) is 32.5 Å². The zero-order chi connectivity index (χ0) is 22.1. The Bertz CT molecular complexity index is 1220. The Balaban J connectivity index is 1.73. The molecule has 2 N–H and O–H groups in total. The average molecular weight is 452 g/mol. The lowest BCUT2D eigenvalue weighted by atomic mass is 10.1. The highest BCUT2D eigenvalue weighted by molar-refractivity contribution is 7.11. The van der Waals surface area contributed by atoms with E-state index in [0.717, 1.165) is 10.5 Å². The summed E-state index contributed by atoms with van der Waals surface area (Å²) in [5.74, 6) is -1.06. The first kappa shape index (κ1) is 20.8. The topological polar surface area (TPSA) is 78.5 Å². The normalized spacial score (nSPS) is 13.7. The van der Waals surface area contributed by atoms with Crippen LogP contribution >= 0.6 is 22.9 Å². The quantitative estimate of drug-likeness (QED) is 0.531. The van der Waals surface area contributed by atoms with Crippen LogP contribution in [0.1, 0.15) is 17.4 Å². The number of anilines is 3. The van der Waals surface area contributed by atoms with E-state index in [4.69, 9.17) is 11.6 Å². The first-order chi connectivity index (χ1) is 14.8. The lowest BCUT2D eigenvalue weighted by Crippen LogP contribution is -2.32. The molecule has 1 aliphatic heterocycles. The van der Waals surface area contributed by atoms with Gasteiger partial charge in [-0.15, -0.1) is 11.3 Å². The predicted octanol–water partition coefficient (Wildman–Crippen LogP) is 5.06. The molecule has 31 heavy (non-hydrogen) atoms. The number of imide groups is 1. The monoisotopic (exact) mass is 451 g/mol. The standard InChI is InChI=1S/C23H18ClN3O3S/c1-13-12-15(24)5-10-18(13)26-21-20(19-4-3-11-31-19)22(29)27(23(21)30)17-8-6-16(7-9-17)25-14(2)28/h3-12,26H,1-2H3,(H,25,28). The summed E-state index contributed by atoms with van der Waals surface area (Å²) in [5, 5.41) is 8.27. The summed E-state index contributed by atoms with van der Waals surface area (Å²) in [6, 6.07) is 15.5. The number of amides is 3. The molecule has 1 aliphatic rings. The minimum atomic E-state index is -0.449. The maximum Gasteiger partial charge on any atom is 0.282 e. The molecule has 156 valence electrons. The van der Waals surface area contributed by atoms with E-state index in [9.17, 15) is 14.4 Å². The number of nitrogens with zero attached hydrogens (tertiary/aromatic N) is 1. The zero-order valence-electron chi connectivity index (χ0n) is 16.7. The van der Waals surface area contributed by atoms with E-state index in [-0.39, 0.29) is 11.6 Å². The Morgan fingerprint density at radius 3 is 2.39 bits per heavy atom. The molecule has 0 spiro atoms. The van der Waals surface area contributed by atoms with Crippen LogP contribution in [-0.4, -0.2) is 17.7 Å². The van der Waals surface area contributed by atoms with Gasteiger partial charge in [0.1, 0.15) is 5.70 Å². The summed E-state index contributed by atoms with van der Waals surface area (Å²) < 4.78 is 0. The second-order valence-electron chi connectivity index (χ2n) is 6.99. The maximum absolute atomic E-state index is 13.4. The summed E-state index contributed by atoms with van der Waals surface area (Å²) in [6.45, 7) is 3.29. The van der Waals surface area contributed by atoms with E-state index in [1.165, 1.54) is 18.3 Å². The Kier molecular flexibility index (Phi) is 5.63. The molecule has 3 amide bonds. The van der Waals surface area contributed by atoms with Gasteiger partial charge in [-0.25, -0.2) is 4.90 Å². The van der Waals surface area contributed by atoms with Crippen molar-refractivity contribution in [3.63, 3.8) is 0 Å². The van der Waals surface area contributed by atoms with Gasteiger partial charge in [-0.2, -0.15) is 0 Å². The highest BCUT2D eigenvalue weighted by Crippen LogP contribution is 2.36. The summed E-state index contributed by atoms with van der Waals surface area (Å²) in [4.78, 5) is 39.8. The Morgan fingerprint density at radius 1 is 1.03 bits per heavy atom. The van der Waals surface area contributed by atoms with Crippen molar-refractivity contribution in [3.8, 4) is 0 Å². The fourth-order valence-electron chi connectivity index (χ4n) is 3.33. The fourth-order valence-corrected chi connectivity index (χ4v) is 4.32. The van der Waals surface area contributed by atoms with Crippen LogP contribution in [0, 0.1) is 6.92 Å². The van der Waals surface area contributed by atoms with E-state index in [2.05, 4.69) is 10.6 Å². The van der Waals surface area contributed by atoms with Gasteiger partial charge >= 0.3 is 0 Å². The Labute approximate surface area is 188 Å². The fraction of sp³-hybridized carbons (Fsp3) is 0.0870. The second kappa shape index (κ2) is 8.37. The lowest BCUT2D eigenvalue weighted by molar-refractivity contribution is -0.120. The first-order valence-electron chi connectivity index (χ1n) is 9.43. The van der Waals surface area contributed by atoms with E-state index >= 15 is 0 Å². The van der Waals surface area contributed by atoms with Crippen molar-refractivity contribution in [1.29, 1.82) is 0 Å². The number of thiophene rings is 1. The molecule has 0 bridgehead atoms. The van der Waals surface area contributed by atoms with Gasteiger partial charge in [0.25, 0.3) is 11.8 Å². The summed E-state index contributed by atoms with van der Waals surface area (Å²) in [5.41, 5.74) is 3.07. The Hall–Kier alpha value is -3.42. The summed E-state index contributed by atoms with van der Waals surface area (Å²) >= 11 is 7.44. The van der Waals surface area contributed by atoms with Crippen molar-refractivity contribution in [1.82, 2.24) is 0 Å². The van der Waals surface area contributed by atoms with Crippen molar-refractivity contribution >= 4 is 63.3 Å². The minimum Gasteiger partial charge on any atom is -0.350 e. The number of benzene rings is 2. The third kappa shape index (κ3) is 4.10. The molecule has 8 heteroatoms. The van der Waals surface area contributed by atoms with E-state index in [1.54, 1.807) is 42.5 Å². The third-order valence-corrected chi connectivity index (χ3v) is 5.87. The average Bonchev–Trinajstić information content (AvgIpc) is 3.31. The van der Waals surface area contributed by atoms with Crippen molar-refractivity contribution in [2.75, 3.05) is 15.5 Å². The number of aryl methyl sites for hydroxylation is 1. The van der Waals surface area contributed by atoms with Gasteiger partial charge in [0.2, 0.25) is 5.91 Å². The van der Waals surface area contributed by atoms with Crippen molar-refractivity contribution < 1.29 is 14.4 Å². The molecule has 1 aromatic heterocycles. The van der Waals surface area contributed by atoms with Crippen LogP contribution in [0.3, 0.4) is 0 Å². The Morgan fingerprint density at radius 2 is 1.77 bits per heavy atom. The maximum atomic E-state index is 13.4. The zero-order valence-corrected chi connectivity index (χ0v) is 18.3. The van der Waals surface area contributed by atoms with Gasteiger partial charge in [0.15, 0.2) is 0 Å². The number of rotatable bonds is 5. The smallest absolute Gasteiger partial charge is 0.282 e. The highest BCUT2D eigenvalue weighted by atomic mass is 35.5. The highest BCUT2D eigenvalue weighted by Gasteiger charge is 2.40. The molecule has 4 rings (SSSR count). The molecule has 0 saturated carbocycles. The second-order valence-corrected chi connectivity index (χ2v) is 8.37. The van der Waals surface area contributed by atoms with Crippen molar-refractivity contribution in [2.45, 2.75) is 13.8 Å². The first-order valence-corrected chi connectivity index (χ1v) is 10.7. The molecule has 0 radical (unpaired) electrons. The van der Waals surface area contributed by atoms with Crippen LogP contribution in [0.15, 0.2) is 65.7 Å². The van der Waals surface area contributed by atoms with Crippen molar-refractivity contribution in [3.05, 3.63) is 81.1 Å². The van der Waals surface area contributed by atoms with Crippen molar-refractivity contribution in [2.24, 2.45) is 0 Å². The molecule has 6 nitrogen and oxygen atoms in total. The van der Waals surface area contributed by atoms with Gasteiger partial charge in [-0.05, 0) is 66.4 Å². The molecule has 2 heterocycles. The van der Waals surface area contributed by atoms with Gasteiger partial charge in [-0.1, -0.05) is 17.7 Å². The molecule has 2 aromatic carbocycles. The van der Waals surface area contributed by atoms with Crippen LogP contribution in [0.5, 0.6) is 0 Å². The predicted molar refractivity (Wildman–Crippen MR) is 124 cm³/mol. The van der Waals surface area contributed by atoms with Crippen LogP contribution < -0.4 is 15.5 Å². The third-order valence-electron chi connectivity index (χ3n) is 4.75. The number of hydrogen-bond donors (Lipinski definition) is 2. The largest absolute Gasteiger partial charge is 0.350 e. The number of halogens is 1. The van der Waals surface area contributed by atoms with Gasteiger partial charge in [-0.3, -0.25) is 14.4 Å². The van der Waals surface area contributed by atoms with E-state index < -0.39 is 11.8 Å². The minimum absolute atomic E-state index is 0.201. The van der Waals surface area contributed by atoms with Crippen LogP contribution in [-0.2, 0) is 14.4 Å². The molecule has 0 unspecified atom stereocenters. The molecule has 0 saturated heterocycles. The van der Waals surface area contributed by atoms with Crippen LogP contribution in [0.25, 0.3) is 5.57 Å². The lowest BCUT2D eigenvalue weighted by Gasteiger charge is -2.16. The van der Waals surface area contributed by atoms with Gasteiger partial charge < -0.3 is 10.6 Å². The molecule has 0 atom stereocenters. The number of carbonyl (C=O) groups is 3. The molecular weight excluding hydrogens is 434 g/mol. The van der Waals surface area contributed by atoms with Gasteiger partial charge in [0.05, 0.1) is 11.3 Å². The summed E-state index contributed by atoms with van der Waals surface area (Å²) in [6.07, 6.45) is 0. The van der Waals surface area contributed by atoms with Crippen LogP contribution in [0.2, 0.25) is 5.02 Å².